The van der Waals surface area contributed by atoms with Gasteiger partial charge in [0.2, 0.25) is 0 Å². The van der Waals surface area contributed by atoms with Gasteiger partial charge in [0.05, 0.1) is 0 Å². The van der Waals surface area contributed by atoms with Gasteiger partial charge in [-0.3, -0.25) is 9.78 Å². The van der Waals surface area contributed by atoms with Gasteiger partial charge in [0.15, 0.2) is 0 Å². The minimum atomic E-state index is -1.00. The number of thiol groups is 1. The van der Waals surface area contributed by atoms with Crippen molar-refractivity contribution in [1.82, 2.24) is 15.3 Å². The van der Waals surface area contributed by atoms with Crippen LogP contribution < -0.4 is 10.1 Å². The molecule has 0 aliphatic rings. The van der Waals surface area contributed by atoms with E-state index >= 15 is 0 Å². The summed E-state index contributed by atoms with van der Waals surface area (Å²) in [7, 11) is 1.53. The van der Waals surface area contributed by atoms with E-state index in [0.29, 0.717) is 11.5 Å². The molecule has 0 aliphatic heterocycles. The molecule has 0 fully saturated rings. The standard InChI is InChI=1S/C18H15N3O4.C2H6.CH4S/c1-19-17(22)15-9-14(6-7-20-15)25-13-4-2-11(3-5-13)12-8-16(18(23)24)21-10-12;2*1-2/h2-10,21H,1H3,(H,19,22)(H,23,24);1-2H3;2H,1H3. The summed E-state index contributed by atoms with van der Waals surface area (Å²) in [6.07, 6.45) is 4.83. The quantitative estimate of drug-likeness (QED) is 0.459. The van der Waals surface area contributed by atoms with Gasteiger partial charge >= 0.3 is 5.97 Å². The molecule has 0 saturated carbocycles. The van der Waals surface area contributed by atoms with E-state index in [1.165, 1.54) is 13.2 Å². The van der Waals surface area contributed by atoms with Crippen molar-refractivity contribution in [1.29, 1.82) is 0 Å². The van der Waals surface area contributed by atoms with E-state index < -0.39 is 5.97 Å². The van der Waals surface area contributed by atoms with Crippen molar-refractivity contribution in [3.63, 3.8) is 0 Å². The van der Waals surface area contributed by atoms with Crippen LogP contribution in [0.4, 0.5) is 0 Å². The first-order valence-corrected chi connectivity index (χ1v) is 9.79. The second kappa shape index (κ2) is 12.2. The lowest BCUT2D eigenvalue weighted by molar-refractivity contribution is 0.0691. The molecule has 7 nitrogen and oxygen atoms in total. The van der Waals surface area contributed by atoms with E-state index in [0.717, 1.165) is 11.1 Å². The van der Waals surface area contributed by atoms with Gasteiger partial charge in [-0.2, -0.15) is 12.6 Å². The zero-order valence-corrected chi connectivity index (χ0v) is 17.7. The molecule has 0 atom stereocenters. The van der Waals surface area contributed by atoms with Gasteiger partial charge in [0.25, 0.3) is 5.91 Å². The summed E-state index contributed by atoms with van der Waals surface area (Å²) in [4.78, 5) is 29.2. The zero-order valence-electron chi connectivity index (χ0n) is 16.8. The Morgan fingerprint density at radius 2 is 1.69 bits per heavy atom. The first-order valence-electron chi connectivity index (χ1n) is 8.89. The molecule has 0 spiro atoms. The van der Waals surface area contributed by atoms with Gasteiger partial charge in [-0.05, 0) is 41.6 Å². The molecule has 0 unspecified atom stereocenters. The molecular weight excluding hydrogens is 390 g/mol. The second-order valence-corrected chi connectivity index (χ2v) is 5.19. The summed E-state index contributed by atoms with van der Waals surface area (Å²) in [5, 5.41) is 11.5. The number of hydrogen-bond donors (Lipinski definition) is 4. The van der Waals surface area contributed by atoms with Crippen LogP contribution in [0.5, 0.6) is 11.5 Å². The van der Waals surface area contributed by atoms with Crippen LogP contribution >= 0.6 is 12.6 Å². The van der Waals surface area contributed by atoms with Crippen LogP contribution in [0.1, 0.15) is 34.8 Å². The molecule has 3 rings (SSSR count). The molecule has 1 amide bonds. The molecular formula is C21H25N3O4S. The number of nitrogens with one attached hydrogen (secondary N) is 2. The van der Waals surface area contributed by atoms with Gasteiger partial charge in [-0.1, -0.05) is 26.0 Å². The summed E-state index contributed by atoms with van der Waals surface area (Å²) < 4.78 is 5.73. The number of carbonyl (C=O) groups is 2. The van der Waals surface area contributed by atoms with E-state index in [-0.39, 0.29) is 17.3 Å². The molecule has 3 aromatic rings. The SMILES string of the molecule is CC.CNC(=O)c1cc(Oc2ccc(-c3c[nH]c(C(=O)O)c3)cc2)ccn1.CS. The van der Waals surface area contributed by atoms with Crippen molar-refractivity contribution in [2.45, 2.75) is 13.8 Å². The largest absolute Gasteiger partial charge is 0.477 e. The summed E-state index contributed by atoms with van der Waals surface area (Å²) in [6, 6.07) is 12.0. The molecule has 0 bridgehead atoms. The molecule has 29 heavy (non-hydrogen) atoms. The minimum Gasteiger partial charge on any atom is -0.477 e. The lowest BCUT2D eigenvalue weighted by atomic mass is 10.1. The fourth-order valence-corrected chi connectivity index (χ4v) is 2.26. The normalized spacial score (nSPS) is 9.28. The highest BCUT2D eigenvalue weighted by Gasteiger charge is 2.09. The molecule has 8 heteroatoms. The maximum absolute atomic E-state index is 11.6. The van der Waals surface area contributed by atoms with Crippen molar-refractivity contribution in [2.75, 3.05) is 13.3 Å². The van der Waals surface area contributed by atoms with E-state index in [2.05, 4.69) is 27.9 Å². The van der Waals surface area contributed by atoms with Crippen LogP contribution in [-0.4, -0.2) is 40.3 Å². The topological polar surface area (TPSA) is 104 Å². The number of aromatic amines is 1. The fourth-order valence-electron chi connectivity index (χ4n) is 2.26. The highest BCUT2D eigenvalue weighted by atomic mass is 32.1. The second-order valence-electron chi connectivity index (χ2n) is 5.19. The number of amides is 1. The number of H-pyrrole nitrogens is 1. The molecule has 1 aromatic carbocycles. The Bertz CT molecular complexity index is 924. The van der Waals surface area contributed by atoms with Crippen LogP contribution in [0.3, 0.4) is 0 Å². The molecule has 2 heterocycles. The third-order valence-electron chi connectivity index (χ3n) is 3.53. The van der Waals surface area contributed by atoms with Crippen molar-refractivity contribution >= 4 is 24.5 Å². The number of pyridine rings is 1. The van der Waals surface area contributed by atoms with Gasteiger partial charge in [-0.25, -0.2) is 4.79 Å². The summed E-state index contributed by atoms with van der Waals surface area (Å²) in [5.74, 6) is -0.207. The van der Waals surface area contributed by atoms with E-state index in [4.69, 9.17) is 9.84 Å². The smallest absolute Gasteiger partial charge is 0.352 e. The Labute approximate surface area is 175 Å². The number of benzene rings is 1. The average molecular weight is 416 g/mol. The molecule has 0 saturated heterocycles. The number of carbonyl (C=O) groups excluding carboxylic acids is 1. The number of aromatic carboxylic acids is 1. The first kappa shape index (κ1) is 23.8. The van der Waals surface area contributed by atoms with Crippen LogP contribution in [0.25, 0.3) is 11.1 Å². The lowest BCUT2D eigenvalue weighted by Crippen LogP contribution is -2.18. The molecule has 0 aliphatic carbocycles. The van der Waals surface area contributed by atoms with Gasteiger partial charge in [0, 0.05) is 25.5 Å². The lowest BCUT2D eigenvalue weighted by Gasteiger charge is -2.07. The van der Waals surface area contributed by atoms with Crippen molar-refractivity contribution in [3.05, 3.63) is 66.2 Å². The van der Waals surface area contributed by atoms with E-state index in [1.807, 2.05) is 26.0 Å². The van der Waals surface area contributed by atoms with Crippen LogP contribution in [0.2, 0.25) is 0 Å². The Morgan fingerprint density at radius 1 is 1.03 bits per heavy atom. The minimum absolute atomic E-state index is 0.133. The van der Waals surface area contributed by atoms with Gasteiger partial charge < -0.3 is 20.1 Å². The number of aromatic nitrogens is 2. The average Bonchev–Trinajstić information content (AvgIpc) is 3.27. The van der Waals surface area contributed by atoms with Gasteiger partial charge in [0.1, 0.15) is 22.9 Å². The Morgan fingerprint density at radius 3 is 2.24 bits per heavy atom. The highest BCUT2D eigenvalue weighted by Crippen LogP contribution is 2.26. The fraction of sp³-hybridized carbons (Fsp3) is 0.190. The van der Waals surface area contributed by atoms with E-state index in [1.54, 1.807) is 42.8 Å². The molecule has 154 valence electrons. The maximum atomic E-state index is 11.6. The molecule has 2 aromatic heterocycles. The van der Waals surface area contributed by atoms with Crippen molar-refractivity contribution in [3.8, 4) is 22.6 Å². The maximum Gasteiger partial charge on any atom is 0.352 e. The number of rotatable bonds is 5. The zero-order chi connectivity index (χ0) is 21.8. The van der Waals surface area contributed by atoms with Crippen LogP contribution in [-0.2, 0) is 0 Å². The summed E-state index contributed by atoms with van der Waals surface area (Å²) in [6.45, 7) is 4.00. The number of nitrogens with zero attached hydrogens (tertiary/aromatic N) is 1. The predicted molar refractivity (Wildman–Crippen MR) is 117 cm³/mol. The Kier molecular flexibility index (Phi) is 10.0. The third-order valence-corrected chi connectivity index (χ3v) is 3.53. The number of carboxylic acid groups (broad SMARTS) is 1. The summed E-state index contributed by atoms with van der Waals surface area (Å²) >= 11 is 3.53. The van der Waals surface area contributed by atoms with Gasteiger partial charge in [-0.15, -0.1) is 0 Å². The van der Waals surface area contributed by atoms with Crippen molar-refractivity contribution < 1.29 is 19.4 Å². The first-order chi connectivity index (χ1) is 14.1. The van der Waals surface area contributed by atoms with Crippen LogP contribution in [0.15, 0.2) is 54.9 Å². The summed E-state index contributed by atoms with van der Waals surface area (Å²) in [5.41, 5.74) is 2.03. The monoisotopic (exact) mass is 415 g/mol. The highest BCUT2D eigenvalue weighted by molar-refractivity contribution is 7.79. The van der Waals surface area contributed by atoms with Crippen LogP contribution in [0, 0.1) is 0 Å². The molecule has 3 N–H and O–H groups in total. The Balaban J connectivity index is 0.000000989. The number of hydrogen-bond acceptors (Lipinski definition) is 5. The predicted octanol–water partition coefficient (Wildman–Crippen LogP) is 4.50. The number of carboxylic acids is 1. The molecule has 0 radical (unpaired) electrons. The third kappa shape index (κ3) is 6.69. The Hall–Kier alpha value is -3.26. The van der Waals surface area contributed by atoms with E-state index in [9.17, 15) is 9.59 Å². The number of ether oxygens (including phenoxy) is 1. The van der Waals surface area contributed by atoms with Crippen molar-refractivity contribution in [2.24, 2.45) is 0 Å².